The van der Waals surface area contributed by atoms with Crippen LogP contribution in [0, 0.1) is 0 Å². The highest BCUT2D eigenvalue weighted by Crippen LogP contribution is 2.35. The molecule has 0 aromatic carbocycles. The van der Waals surface area contributed by atoms with Crippen LogP contribution in [0.4, 0.5) is 0 Å². The molecule has 0 nitrogen and oxygen atoms in total. The van der Waals surface area contributed by atoms with Crippen molar-refractivity contribution in [3.05, 3.63) is 20.8 Å². The Balaban J connectivity index is 2.64. The normalized spacial score (nSPS) is 11.1. The third kappa shape index (κ3) is 1.37. The predicted molar refractivity (Wildman–Crippen MR) is 56.8 cm³/mol. The van der Waals surface area contributed by atoms with Gasteiger partial charge < -0.3 is 0 Å². The highest BCUT2D eigenvalue weighted by molar-refractivity contribution is 9.11. The van der Waals surface area contributed by atoms with Crippen LogP contribution in [0.1, 0.15) is 11.8 Å². The summed E-state index contributed by atoms with van der Waals surface area (Å²) in [5.41, 5.74) is 0. The first kappa shape index (κ1) is 7.77. The Kier molecular flexibility index (Phi) is 2.04. The van der Waals surface area contributed by atoms with E-state index < -0.39 is 0 Å². The highest BCUT2D eigenvalue weighted by atomic mass is 79.9. The molecule has 0 aliphatic rings. The molecule has 2 rings (SSSR count). The van der Waals surface area contributed by atoms with Crippen LogP contribution in [0.25, 0.3) is 9.40 Å². The second-order valence-corrected chi connectivity index (χ2v) is 5.98. The van der Waals surface area contributed by atoms with Gasteiger partial charge in [-0.2, -0.15) is 0 Å². The van der Waals surface area contributed by atoms with E-state index in [9.17, 15) is 0 Å². The van der Waals surface area contributed by atoms with Crippen LogP contribution in [0.5, 0.6) is 0 Å². The smallest absolute Gasteiger partial charge is 0.0719 e. The van der Waals surface area contributed by atoms with E-state index in [1.165, 1.54) is 18.1 Å². The topological polar surface area (TPSA) is 0 Å². The lowest BCUT2D eigenvalue weighted by Gasteiger charge is -1.81. The quantitative estimate of drug-likeness (QED) is 0.705. The van der Waals surface area contributed by atoms with E-state index >= 15 is 0 Å². The minimum absolute atomic E-state index is 1.16. The van der Waals surface area contributed by atoms with Crippen LogP contribution >= 0.6 is 38.6 Å². The van der Waals surface area contributed by atoms with E-state index in [1.54, 1.807) is 0 Å². The summed E-state index contributed by atoms with van der Waals surface area (Å²) in [7, 11) is 0. The van der Waals surface area contributed by atoms with Crippen molar-refractivity contribution in [3.8, 4) is 0 Å². The lowest BCUT2D eigenvalue weighted by atomic mass is 10.4. The van der Waals surface area contributed by atoms with Gasteiger partial charge >= 0.3 is 0 Å². The molecule has 0 aliphatic carbocycles. The Labute approximate surface area is 82.0 Å². The van der Waals surface area contributed by atoms with Gasteiger partial charge in [-0.1, -0.05) is 6.92 Å². The highest BCUT2D eigenvalue weighted by Gasteiger charge is 2.03. The molecule has 0 unspecified atom stereocenters. The van der Waals surface area contributed by atoms with Crippen LogP contribution in [-0.4, -0.2) is 0 Å². The number of halogens is 1. The average Bonchev–Trinajstić information content (AvgIpc) is 2.43. The Morgan fingerprint density at radius 2 is 2.00 bits per heavy atom. The van der Waals surface area contributed by atoms with Crippen molar-refractivity contribution in [2.75, 3.05) is 0 Å². The third-order valence-corrected chi connectivity index (χ3v) is 4.52. The van der Waals surface area contributed by atoms with E-state index in [0.717, 1.165) is 6.42 Å². The molecule has 3 heteroatoms. The van der Waals surface area contributed by atoms with E-state index in [1.807, 2.05) is 22.7 Å². The Hall–Kier alpha value is 0.140. The minimum atomic E-state index is 1.16. The van der Waals surface area contributed by atoms with Gasteiger partial charge in [-0.05, 0) is 34.5 Å². The van der Waals surface area contributed by atoms with Crippen molar-refractivity contribution >= 4 is 48.0 Å². The van der Waals surface area contributed by atoms with Crippen LogP contribution in [0.2, 0.25) is 0 Å². The van der Waals surface area contributed by atoms with Crippen molar-refractivity contribution in [2.24, 2.45) is 0 Å². The SMILES string of the molecule is CCc1cc2sc(Br)cc2s1. The van der Waals surface area contributed by atoms with Crippen molar-refractivity contribution in [3.63, 3.8) is 0 Å². The van der Waals surface area contributed by atoms with Crippen molar-refractivity contribution in [2.45, 2.75) is 13.3 Å². The van der Waals surface area contributed by atoms with Gasteiger partial charge in [-0.15, -0.1) is 22.7 Å². The van der Waals surface area contributed by atoms with Gasteiger partial charge in [-0.3, -0.25) is 0 Å². The van der Waals surface area contributed by atoms with E-state index in [4.69, 9.17) is 0 Å². The van der Waals surface area contributed by atoms with Gasteiger partial charge in [0.15, 0.2) is 0 Å². The molecule has 0 N–H and O–H groups in total. The summed E-state index contributed by atoms with van der Waals surface area (Å²) in [6.07, 6.45) is 1.16. The van der Waals surface area contributed by atoms with Crippen LogP contribution in [-0.2, 0) is 6.42 Å². The number of hydrogen-bond acceptors (Lipinski definition) is 2. The zero-order valence-corrected chi connectivity index (χ0v) is 9.28. The fraction of sp³-hybridized carbons (Fsp3) is 0.250. The summed E-state index contributed by atoms with van der Waals surface area (Å²) in [4.78, 5) is 1.48. The maximum Gasteiger partial charge on any atom is 0.0719 e. The maximum atomic E-state index is 3.48. The van der Waals surface area contributed by atoms with Crippen molar-refractivity contribution in [1.82, 2.24) is 0 Å². The Bertz CT molecular complexity index is 341. The summed E-state index contributed by atoms with van der Waals surface area (Å²) in [5, 5.41) is 0. The molecule has 0 radical (unpaired) electrons. The summed E-state index contributed by atoms with van der Waals surface area (Å²) in [6, 6.07) is 4.49. The minimum Gasteiger partial charge on any atom is -0.139 e. The standard InChI is InChI=1S/C8H7BrS2/c1-2-5-3-6-7(10-5)4-8(9)11-6/h3-4H,2H2,1H3. The molecule has 0 saturated heterocycles. The van der Waals surface area contributed by atoms with E-state index in [-0.39, 0.29) is 0 Å². The monoisotopic (exact) mass is 246 g/mol. The molecule has 2 aromatic heterocycles. The van der Waals surface area contributed by atoms with Crippen molar-refractivity contribution < 1.29 is 0 Å². The van der Waals surface area contributed by atoms with Gasteiger partial charge in [0.1, 0.15) is 0 Å². The molecule has 0 saturated carbocycles. The molecule has 0 atom stereocenters. The first-order valence-corrected chi connectivity index (χ1v) is 5.90. The molecule has 2 heterocycles. The zero-order chi connectivity index (χ0) is 7.84. The molecule has 0 bridgehead atoms. The summed E-state index contributed by atoms with van der Waals surface area (Å²) >= 11 is 7.19. The van der Waals surface area contributed by atoms with Gasteiger partial charge in [0.25, 0.3) is 0 Å². The molecule has 0 fully saturated rings. The first-order chi connectivity index (χ1) is 5.29. The number of aryl methyl sites for hydroxylation is 1. The molecule has 11 heavy (non-hydrogen) atoms. The van der Waals surface area contributed by atoms with Crippen LogP contribution in [0.3, 0.4) is 0 Å². The van der Waals surface area contributed by atoms with Gasteiger partial charge in [0.05, 0.1) is 3.79 Å². The second kappa shape index (κ2) is 2.88. The largest absolute Gasteiger partial charge is 0.139 e. The molecule has 0 amide bonds. The Morgan fingerprint density at radius 1 is 1.27 bits per heavy atom. The van der Waals surface area contributed by atoms with Crippen LogP contribution in [0.15, 0.2) is 15.9 Å². The number of fused-ring (bicyclic) bond motifs is 1. The predicted octanol–water partition coefficient (Wildman–Crippen LogP) is 4.29. The van der Waals surface area contributed by atoms with Crippen molar-refractivity contribution in [1.29, 1.82) is 0 Å². The summed E-state index contributed by atoms with van der Waals surface area (Å²) in [6.45, 7) is 2.20. The summed E-state index contributed by atoms with van der Waals surface area (Å²) < 4.78 is 4.07. The number of hydrogen-bond donors (Lipinski definition) is 0. The Morgan fingerprint density at radius 3 is 2.64 bits per heavy atom. The molecule has 0 aliphatic heterocycles. The fourth-order valence-electron chi connectivity index (χ4n) is 1.03. The molecule has 2 aromatic rings. The van der Waals surface area contributed by atoms with Crippen LogP contribution < -0.4 is 0 Å². The van der Waals surface area contributed by atoms with Gasteiger partial charge in [-0.25, -0.2) is 0 Å². The lowest BCUT2D eigenvalue weighted by Crippen LogP contribution is -1.64. The van der Waals surface area contributed by atoms with Gasteiger partial charge in [0, 0.05) is 14.3 Å². The molecule has 58 valence electrons. The second-order valence-electron chi connectivity index (χ2n) is 2.35. The van der Waals surface area contributed by atoms with E-state index in [0.29, 0.717) is 0 Å². The molecular formula is C8H7BrS2. The first-order valence-electron chi connectivity index (χ1n) is 3.47. The van der Waals surface area contributed by atoms with E-state index in [2.05, 4.69) is 35.0 Å². The molecular weight excluding hydrogens is 240 g/mol. The zero-order valence-electron chi connectivity index (χ0n) is 6.06. The fourth-order valence-corrected chi connectivity index (χ4v) is 4.02. The average molecular weight is 247 g/mol. The maximum absolute atomic E-state index is 3.48. The molecule has 0 spiro atoms. The lowest BCUT2D eigenvalue weighted by molar-refractivity contribution is 1.19. The third-order valence-electron chi connectivity index (χ3n) is 1.58. The van der Waals surface area contributed by atoms with Gasteiger partial charge in [0.2, 0.25) is 0 Å². The number of thiophene rings is 2. The summed E-state index contributed by atoms with van der Waals surface area (Å²) in [5.74, 6) is 0. The number of rotatable bonds is 1.